The Bertz CT molecular complexity index is 380. The number of para-hydroxylation sites is 1. The summed E-state index contributed by atoms with van der Waals surface area (Å²) in [5.74, 6) is 0.571. The van der Waals surface area contributed by atoms with E-state index in [0.29, 0.717) is 18.3 Å². The molecule has 3 nitrogen and oxygen atoms in total. The van der Waals surface area contributed by atoms with Gasteiger partial charge in [-0.05, 0) is 6.07 Å². The predicted molar refractivity (Wildman–Crippen MR) is 65.9 cm³/mol. The second-order valence-electron chi connectivity index (χ2n) is 4.29. The average Bonchev–Trinajstić information content (AvgIpc) is 2.32. The van der Waals surface area contributed by atoms with E-state index in [-0.39, 0.29) is 6.61 Å². The van der Waals surface area contributed by atoms with Crippen LogP contribution in [0.5, 0.6) is 5.75 Å². The van der Waals surface area contributed by atoms with E-state index in [1.807, 2.05) is 26.0 Å². The van der Waals surface area contributed by atoms with Crippen LogP contribution in [0.15, 0.2) is 24.3 Å². The molecule has 0 saturated carbocycles. The quantitative estimate of drug-likeness (QED) is 0.777. The molecule has 1 N–H and O–H groups in total. The monoisotopic (exact) mass is 277 g/mol. The Labute approximate surface area is 110 Å². The molecular formula is C13H18F3NO2. The Morgan fingerprint density at radius 1 is 1.16 bits per heavy atom. The normalized spacial score (nSPS) is 11.9. The summed E-state index contributed by atoms with van der Waals surface area (Å²) in [6.45, 7) is 3.98. The smallest absolute Gasteiger partial charge is 0.491 e. The van der Waals surface area contributed by atoms with Gasteiger partial charge in [0.15, 0.2) is 0 Å². The highest BCUT2D eigenvalue weighted by Crippen LogP contribution is 2.19. The number of hydrogen-bond acceptors (Lipinski definition) is 3. The summed E-state index contributed by atoms with van der Waals surface area (Å²) in [7, 11) is 0. The highest BCUT2D eigenvalue weighted by molar-refractivity contribution is 5.33. The summed E-state index contributed by atoms with van der Waals surface area (Å²) in [5.41, 5.74) is 0.906. The molecule has 1 rings (SSSR count). The summed E-state index contributed by atoms with van der Waals surface area (Å²) in [6, 6.07) is 7.55. The van der Waals surface area contributed by atoms with Crippen LogP contribution in [0.2, 0.25) is 0 Å². The second kappa shape index (κ2) is 7.35. The van der Waals surface area contributed by atoms with Gasteiger partial charge in [-0.1, -0.05) is 32.0 Å². The molecule has 0 amide bonds. The van der Waals surface area contributed by atoms with Crippen LogP contribution in [0.4, 0.5) is 13.2 Å². The third kappa shape index (κ3) is 7.03. The van der Waals surface area contributed by atoms with E-state index < -0.39 is 13.0 Å². The molecule has 0 aromatic heterocycles. The zero-order valence-corrected chi connectivity index (χ0v) is 11.0. The number of alkyl halides is 3. The van der Waals surface area contributed by atoms with E-state index in [1.165, 1.54) is 0 Å². The van der Waals surface area contributed by atoms with Crippen LogP contribution < -0.4 is 10.1 Å². The highest BCUT2D eigenvalue weighted by atomic mass is 19.4. The van der Waals surface area contributed by atoms with Crippen LogP contribution in [0.3, 0.4) is 0 Å². The van der Waals surface area contributed by atoms with Gasteiger partial charge in [-0.25, -0.2) is 0 Å². The fourth-order valence-electron chi connectivity index (χ4n) is 1.41. The van der Waals surface area contributed by atoms with Crippen molar-refractivity contribution in [1.29, 1.82) is 0 Å². The van der Waals surface area contributed by atoms with E-state index in [2.05, 4.69) is 10.1 Å². The molecule has 108 valence electrons. The number of rotatable bonds is 7. The highest BCUT2D eigenvalue weighted by Gasteiger charge is 2.28. The van der Waals surface area contributed by atoms with Crippen LogP contribution in [-0.2, 0) is 11.3 Å². The molecule has 6 heteroatoms. The van der Waals surface area contributed by atoms with Crippen LogP contribution in [0.1, 0.15) is 19.4 Å². The predicted octanol–water partition coefficient (Wildman–Crippen LogP) is 3.10. The number of benzene rings is 1. The van der Waals surface area contributed by atoms with E-state index >= 15 is 0 Å². The minimum Gasteiger partial charge on any atom is -0.491 e. The molecule has 0 atom stereocenters. The zero-order valence-electron chi connectivity index (χ0n) is 11.0. The van der Waals surface area contributed by atoms with Gasteiger partial charge in [0.2, 0.25) is 0 Å². The number of halogens is 3. The first-order valence-corrected chi connectivity index (χ1v) is 6.03. The fraction of sp³-hybridized carbons (Fsp3) is 0.538. The van der Waals surface area contributed by atoms with E-state index in [0.717, 1.165) is 5.56 Å². The van der Waals surface area contributed by atoms with Gasteiger partial charge < -0.3 is 10.1 Å². The largest absolute Gasteiger partial charge is 0.522 e. The molecule has 0 unspecified atom stereocenters. The minimum atomic E-state index is -4.61. The Morgan fingerprint density at radius 3 is 2.47 bits per heavy atom. The van der Waals surface area contributed by atoms with Crippen molar-refractivity contribution < 1.29 is 22.6 Å². The van der Waals surface area contributed by atoms with Gasteiger partial charge in [0.05, 0.1) is 6.61 Å². The Hall–Kier alpha value is -1.27. The van der Waals surface area contributed by atoms with Crippen LogP contribution in [-0.4, -0.2) is 25.6 Å². The van der Waals surface area contributed by atoms with Gasteiger partial charge in [-0.2, -0.15) is 0 Å². The van der Waals surface area contributed by atoms with Gasteiger partial charge >= 0.3 is 6.36 Å². The summed E-state index contributed by atoms with van der Waals surface area (Å²) >= 11 is 0. The fourth-order valence-corrected chi connectivity index (χ4v) is 1.41. The molecule has 19 heavy (non-hydrogen) atoms. The lowest BCUT2D eigenvalue weighted by molar-refractivity contribution is -0.325. The third-order valence-corrected chi connectivity index (χ3v) is 2.28. The van der Waals surface area contributed by atoms with Crippen molar-refractivity contribution in [3.63, 3.8) is 0 Å². The lowest BCUT2D eigenvalue weighted by atomic mass is 10.2. The van der Waals surface area contributed by atoms with E-state index in [9.17, 15) is 13.2 Å². The zero-order chi connectivity index (χ0) is 14.3. The van der Waals surface area contributed by atoms with Crippen LogP contribution >= 0.6 is 0 Å². The minimum absolute atomic E-state index is 0.141. The third-order valence-electron chi connectivity index (χ3n) is 2.28. The van der Waals surface area contributed by atoms with Crippen molar-refractivity contribution >= 4 is 0 Å². The number of nitrogens with one attached hydrogen (secondary N) is 1. The summed E-state index contributed by atoms with van der Waals surface area (Å²) in [5, 5.41) is 3.23. The Balaban J connectivity index is 2.44. The number of hydrogen-bond donors (Lipinski definition) is 1. The van der Waals surface area contributed by atoms with Crippen molar-refractivity contribution in [3.8, 4) is 5.75 Å². The maximum Gasteiger partial charge on any atom is 0.522 e. The SMILES string of the molecule is CC(C)NCc1ccccc1OCCOC(F)(F)F. The Kier molecular flexibility index (Phi) is 6.11. The maximum atomic E-state index is 11.8. The van der Waals surface area contributed by atoms with Crippen molar-refractivity contribution in [3.05, 3.63) is 29.8 Å². The topological polar surface area (TPSA) is 30.5 Å². The van der Waals surface area contributed by atoms with Gasteiger partial charge in [0.1, 0.15) is 12.4 Å². The molecule has 0 heterocycles. The van der Waals surface area contributed by atoms with Crippen LogP contribution in [0.25, 0.3) is 0 Å². The first-order chi connectivity index (χ1) is 8.88. The summed E-state index contributed by atoms with van der Waals surface area (Å²) in [6.07, 6.45) is -4.61. The van der Waals surface area contributed by atoms with Gasteiger partial charge in [0.25, 0.3) is 0 Å². The first kappa shape index (κ1) is 15.8. The standard InChI is InChI=1S/C13H18F3NO2/c1-10(2)17-9-11-5-3-4-6-12(11)18-7-8-19-13(14,15)16/h3-6,10,17H,7-9H2,1-2H3. The summed E-state index contributed by atoms with van der Waals surface area (Å²) < 4.78 is 44.3. The molecular weight excluding hydrogens is 259 g/mol. The molecule has 0 aliphatic carbocycles. The molecule has 0 saturated heterocycles. The van der Waals surface area contributed by atoms with Crippen molar-refractivity contribution in [2.24, 2.45) is 0 Å². The van der Waals surface area contributed by atoms with Gasteiger partial charge in [0, 0.05) is 18.2 Å². The molecule has 1 aromatic carbocycles. The molecule has 0 aliphatic heterocycles. The Morgan fingerprint density at radius 2 is 1.84 bits per heavy atom. The second-order valence-corrected chi connectivity index (χ2v) is 4.29. The molecule has 0 aliphatic rings. The average molecular weight is 277 g/mol. The van der Waals surface area contributed by atoms with Gasteiger partial charge in [-0.15, -0.1) is 13.2 Å². The molecule has 1 aromatic rings. The molecule has 0 spiro atoms. The first-order valence-electron chi connectivity index (χ1n) is 6.03. The van der Waals surface area contributed by atoms with Crippen molar-refractivity contribution in [2.75, 3.05) is 13.2 Å². The van der Waals surface area contributed by atoms with E-state index in [4.69, 9.17) is 4.74 Å². The molecule has 0 bridgehead atoms. The maximum absolute atomic E-state index is 11.8. The van der Waals surface area contributed by atoms with Crippen molar-refractivity contribution in [1.82, 2.24) is 5.32 Å². The van der Waals surface area contributed by atoms with Crippen molar-refractivity contribution in [2.45, 2.75) is 32.8 Å². The molecule has 0 fully saturated rings. The molecule has 0 radical (unpaired) electrons. The number of ether oxygens (including phenoxy) is 2. The lowest BCUT2D eigenvalue weighted by Gasteiger charge is -2.14. The van der Waals surface area contributed by atoms with Gasteiger partial charge in [-0.3, -0.25) is 4.74 Å². The van der Waals surface area contributed by atoms with Crippen LogP contribution in [0, 0.1) is 0 Å². The summed E-state index contributed by atoms with van der Waals surface area (Å²) in [4.78, 5) is 0. The lowest BCUT2D eigenvalue weighted by Crippen LogP contribution is -2.22. The van der Waals surface area contributed by atoms with E-state index in [1.54, 1.807) is 12.1 Å².